The molecule has 0 saturated carbocycles. The number of aromatic nitrogens is 4. The fourth-order valence-electron chi connectivity index (χ4n) is 4.75. The maximum Gasteiger partial charge on any atom is 0.411 e. The minimum Gasteiger partial charge on any atom is -0.453 e. The minimum atomic E-state index is -0.558. The number of nitrogens with two attached hydrogens (primary N) is 1. The zero-order chi connectivity index (χ0) is 26.5. The van der Waals surface area contributed by atoms with Gasteiger partial charge in [-0.25, -0.2) is 24.2 Å². The van der Waals surface area contributed by atoms with Gasteiger partial charge >= 0.3 is 12.2 Å². The molecule has 2 fully saturated rings. The summed E-state index contributed by atoms with van der Waals surface area (Å²) in [5, 5.41) is 8.28. The standard InChI is InChI=1S/C25H32N8O5/c1-36-25(35)32-9-6-19(7-10-32)33-23-20(16-27-33)22(31-11-14-37-15-12-31)29-21(30-23)17-2-4-18(5-3-17)28-24(34)38-13-8-26/h2-5,16,19H,6-15,26H2,1H3,(H,28,34). The normalized spacial score (nSPS) is 16.5. The molecular weight excluding hydrogens is 492 g/mol. The molecule has 0 aliphatic carbocycles. The average molecular weight is 525 g/mol. The number of morpholine rings is 1. The lowest BCUT2D eigenvalue weighted by Crippen LogP contribution is -2.39. The summed E-state index contributed by atoms with van der Waals surface area (Å²) in [6.45, 7) is 4.30. The van der Waals surface area contributed by atoms with Crippen LogP contribution >= 0.6 is 0 Å². The molecule has 5 rings (SSSR count). The summed E-state index contributed by atoms with van der Waals surface area (Å²) in [5.41, 5.74) is 7.52. The number of hydrogen-bond donors (Lipinski definition) is 2. The third-order valence-corrected chi connectivity index (χ3v) is 6.73. The Balaban J connectivity index is 1.45. The van der Waals surface area contributed by atoms with Crippen LogP contribution < -0.4 is 16.0 Å². The molecule has 202 valence electrons. The number of fused-ring (bicyclic) bond motifs is 1. The maximum atomic E-state index is 11.9. The number of likely N-dealkylation sites (tertiary alicyclic amines) is 1. The number of anilines is 2. The highest BCUT2D eigenvalue weighted by atomic mass is 16.5. The lowest BCUT2D eigenvalue weighted by Gasteiger charge is -2.31. The molecule has 3 aromatic rings. The van der Waals surface area contributed by atoms with Crippen LogP contribution in [-0.4, -0.2) is 96.5 Å². The molecule has 13 nitrogen and oxygen atoms in total. The van der Waals surface area contributed by atoms with Crippen molar-refractivity contribution < 1.29 is 23.8 Å². The third kappa shape index (κ3) is 5.48. The number of amides is 2. The van der Waals surface area contributed by atoms with Gasteiger partial charge in [-0.3, -0.25) is 5.32 Å². The van der Waals surface area contributed by atoms with Gasteiger partial charge in [0, 0.05) is 44.0 Å². The van der Waals surface area contributed by atoms with E-state index in [4.69, 9.17) is 35.0 Å². The molecule has 3 N–H and O–H groups in total. The number of methoxy groups -OCH3 is 1. The summed E-state index contributed by atoms with van der Waals surface area (Å²) in [6, 6.07) is 7.37. The summed E-state index contributed by atoms with van der Waals surface area (Å²) in [6.07, 6.45) is 2.46. The summed E-state index contributed by atoms with van der Waals surface area (Å²) < 4.78 is 17.4. The first-order chi connectivity index (χ1) is 18.6. The number of carbonyl (C=O) groups is 2. The van der Waals surface area contributed by atoms with Crippen molar-refractivity contribution in [2.45, 2.75) is 18.9 Å². The van der Waals surface area contributed by atoms with E-state index >= 15 is 0 Å². The number of ether oxygens (including phenoxy) is 3. The van der Waals surface area contributed by atoms with Crippen LogP contribution in [0.4, 0.5) is 21.1 Å². The van der Waals surface area contributed by atoms with Crippen molar-refractivity contribution in [2.75, 3.05) is 69.9 Å². The van der Waals surface area contributed by atoms with Crippen molar-refractivity contribution in [3.63, 3.8) is 0 Å². The van der Waals surface area contributed by atoms with Crippen molar-refractivity contribution in [3.05, 3.63) is 30.5 Å². The molecule has 1 aromatic carbocycles. The second-order valence-corrected chi connectivity index (χ2v) is 9.11. The van der Waals surface area contributed by atoms with Crippen LogP contribution in [0.1, 0.15) is 18.9 Å². The number of rotatable bonds is 6. The highest BCUT2D eigenvalue weighted by molar-refractivity contribution is 5.89. The van der Waals surface area contributed by atoms with Crippen LogP contribution in [0.25, 0.3) is 22.4 Å². The Bertz CT molecular complexity index is 1270. The molecule has 2 aliphatic heterocycles. The number of piperidine rings is 1. The van der Waals surface area contributed by atoms with E-state index in [1.54, 1.807) is 17.0 Å². The Morgan fingerprint density at radius 3 is 2.53 bits per heavy atom. The van der Waals surface area contributed by atoms with Gasteiger partial charge in [0.1, 0.15) is 12.4 Å². The molecule has 2 amide bonds. The fourth-order valence-corrected chi connectivity index (χ4v) is 4.75. The second kappa shape index (κ2) is 11.6. The molecular formula is C25H32N8O5. The summed E-state index contributed by atoms with van der Waals surface area (Å²) in [4.78, 5) is 37.6. The molecule has 0 unspecified atom stereocenters. The van der Waals surface area contributed by atoms with Crippen LogP contribution in [0.15, 0.2) is 30.5 Å². The smallest absolute Gasteiger partial charge is 0.411 e. The number of benzene rings is 1. The minimum absolute atomic E-state index is 0.0970. The molecule has 38 heavy (non-hydrogen) atoms. The number of nitrogens with one attached hydrogen (secondary N) is 1. The van der Waals surface area contributed by atoms with Gasteiger partial charge in [-0.15, -0.1) is 0 Å². The van der Waals surface area contributed by atoms with Crippen LogP contribution in [-0.2, 0) is 14.2 Å². The monoisotopic (exact) mass is 524 g/mol. The van der Waals surface area contributed by atoms with Crippen LogP contribution in [0.3, 0.4) is 0 Å². The molecule has 13 heteroatoms. The predicted octanol–water partition coefficient (Wildman–Crippen LogP) is 2.24. The molecule has 4 heterocycles. The number of nitrogens with zero attached hydrogens (tertiary/aromatic N) is 6. The Hall–Kier alpha value is -3.97. The van der Waals surface area contributed by atoms with E-state index in [-0.39, 0.29) is 25.3 Å². The van der Waals surface area contributed by atoms with E-state index < -0.39 is 6.09 Å². The lowest BCUT2D eigenvalue weighted by molar-refractivity contribution is 0.106. The van der Waals surface area contributed by atoms with Crippen molar-refractivity contribution >= 4 is 34.7 Å². The van der Waals surface area contributed by atoms with Crippen molar-refractivity contribution in [1.82, 2.24) is 24.6 Å². The highest BCUT2D eigenvalue weighted by Gasteiger charge is 2.28. The second-order valence-electron chi connectivity index (χ2n) is 9.11. The van der Waals surface area contributed by atoms with Crippen LogP contribution in [0.5, 0.6) is 0 Å². The van der Waals surface area contributed by atoms with Crippen LogP contribution in [0, 0.1) is 0 Å². The van der Waals surface area contributed by atoms with E-state index in [0.29, 0.717) is 37.8 Å². The number of carbonyl (C=O) groups excluding carboxylic acids is 2. The highest BCUT2D eigenvalue weighted by Crippen LogP contribution is 2.32. The Kier molecular flexibility index (Phi) is 7.84. The van der Waals surface area contributed by atoms with Gasteiger partial charge in [0.05, 0.1) is 37.9 Å². The topological polar surface area (TPSA) is 150 Å². The third-order valence-electron chi connectivity index (χ3n) is 6.73. The first-order valence-electron chi connectivity index (χ1n) is 12.7. The van der Waals surface area contributed by atoms with Gasteiger partial charge in [-0.1, -0.05) is 0 Å². The van der Waals surface area contributed by atoms with Gasteiger partial charge < -0.3 is 29.7 Å². The largest absolute Gasteiger partial charge is 0.453 e. The molecule has 0 radical (unpaired) electrons. The van der Waals surface area contributed by atoms with Gasteiger partial charge in [0.2, 0.25) is 0 Å². The fraction of sp³-hybridized carbons (Fsp3) is 0.480. The molecule has 0 spiro atoms. The van der Waals surface area contributed by atoms with E-state index in [1.165, 1.54) is 7.11 Å². The van der Waals surface area contributed by atoms with E-state index in [2.05, 4.69) is 10.2 Å². The quantitative estimate of drug-likeness (QED) is 0.491. The van der Waals surface area contributed by atoms with Crippen LogP contribution in [0.2, 0.25) is 0 Å². The Labute approximate surface area is 219 Å². The lowest BCUT2D eigenvalue weighted by atomic mass is 10.1. The number of hydrogen-bond acceptors (Lipinski definition) is 10. The predicted molar refractivity (Wildman–Crippen MR) is 140 cm³/mol. The summed E-state index contributed by atoms with van der Waals surface area (Å²) in [7, 11) is 1.40. The van der Waals surface area contributed by atoms with E-state index in [0.717, 1.165) is 48.3 Å². The summed E-state index contributed by atoms with van der Waals surface area (Å²) in [5.74, 6) is 1.38. The van der Waals surface area contributed by atoms with Gasteiger partial charge in [0.15, 0.2) is 11.5 Å². The molecule has 2 aromatic heterocycles. The van der Waals surface area contributed by atoms with E-state index in [1.807, 2.05) is 23.0 Å². The van der Waals surface area contributed by atoms with Crippen molar-refractivity contribution in [2.24, 2.45) is 5.73 Å². The SMILES string of the molecule is COC(=O)N1CCC(n2ncc3c(N4CCOCC4)nc(-c4ccc(NC(=O)OCCN)cc4)nc32)CC1. The van der Waals surface area contributed by atoms with E-state index in [9.17, 15) is 9.59 Å². The zero-order valence-corrected chi connectivity index (χ0v) is 21.3. The summed E-state index contributed by atoms with van der Waals surface area (Å²) >= 11 is 0. The van der Waals surface area contributed by atoms with Crippen molar-refractivity contribution in [1.29, 1.82) is 0 Å². The first-order valence-corrected chi connectivity index (χ1v) is 12.7. The maximum absolute atomic E-state index is 11.9. The van der Waals surface area contributed by atoms with Gasteiger partial charge in [-0.05, 0) is 37.1 Å². The zero-order valence-electron chi connectivity index (χ0n) is 21.3. The average Bonchev–Trinajstić information content (AvgIpc) is 3.40. The molecule has 2 aliphatic rings. The molecule has 0 atom stereocenters. The van der Waals surface area contributed by atoms with Gasteiger partial charge in [-0.2, -0.15) is 5.10 Å². The van der Waals surface area contributed by atoms with Gasteiger partial charge in [0.25, 0.3) is 0 Å². The molecule has 2 saturated heterocycles. The molecule has 0 bridgehead atoms. The Morgan fingerprint density at radius 1 is 1.11 bits per heavy atom. The van der Waals surface area contributed by atoms with Crippen molar-refractivity contribution in [3.8, 4) is 11.4 Å². The Morgan fingerprint density at radius 2 is 1.84 bits per heavy atom. The first kappa shape index (κ1) is 25.7.